The van der Waals surface area contributed by atoms with Crippen molar-refractivity contribution in [3.8, 4) is 0 Å². The molecule has 2 rings (SSSR count). The van der Waals surface area contributed by atoms with Crippen LogP contribution >= 0.6 is 0 Å². The van der Waals surface area contributed by atoms with Gasteiger partial charge in [0.15, 0.2) is 0 Å². The SMILES string of the molecule is Cn1ccc2cc(C=CC=O)ccc21. The van der Waals surface area contributed by atoms with Crippen LogP contribution in [0.2, 0.25) is 0 Å². The van der Waals surface area contributed by atoms with Crippen molar-refractivity contribution in [1.82, 2.24) is 4.57 Å². The number of rotatable bonds is 2. The Kier molecular flexibility index (Phi) is 2.19. The third-order valence-corrected chi connectivity index (χ3v) is 2.28. The van der Waals surface area contributed by atoms with Crippen LogP contribution in [0.25, 0.3) is 17.0 Å². The van der Waals surface area contributed by atoms with Gasteiger partial charge in [-0.25, -0.2) is 0 Å². The van der Waals surface area contributed by atoms with Gasteiger partial charge in [0.2, 0.25) is 0 Å². The molecule has 2 heteroatoms. The van der Waals surface area contributed by atoms with Gasteiger partial charge in [-0.3, -0.25) is 4.79 Å². The molecule has 0 saturated heterocycles. The lowest BCUT2D eigenvalue weighted by Gasteiger charge is -1.97. The van der Waals surface area contributed by atoms with E-state index in [9.17, 15) is 4.79 Å². The first-order valence-corrected chi connectivity index (χ1v) is 4.48. The molecule has 0 saturated carbocycles. The first-order chi connectivity index (χ1) is 6.81. The Morgan fingerprint density at radius 2 is 2.14 bits per heavy atom. The number of aryl methyl sites for hydroxylation is 1. The Balaban J connectivity index is 2.51. The number of hydrogen-bond donors (Lipinski definition) is 0. The Morgan fingerprint density at radius 1 is 1.29 bits per heavy atom. The number of allylic oxidation sites excluding steroid dienone is 1. The minimum Gasteiger partial charge on any atom is -0.351 e. The number of fused-ring (bicyclic) bond motifs is 1. The second kappa shape index (κ2) is 3.50. The molecule has 0 unspecified atom stereocenters. The molecule has 0 aliphatic heterocycles. The maximum absolute atomic E-state index is 10.2. The van der Waals surface area contributed by atoms with Crippen LogP contribution in [0.5, 0.6) is 0 Å². The van der Waals surface area contributed by atoms with Crippen LogP contribution in [0, 0.1) is 0 Å². The highest BCUT2D eigenvalue weighted by Gasteiger charge is 1.96. The average Bonchev–Trinajstić information content (AvgIpc) is 2.57. The van der Waals surface area contributed by atoms with E-state index in [1.807, 2.05) is 19.3 Å². The fourth-order valence-corrected chi connectivity index (χ4v) is 1.55. The summed E-state index contributed by atoms with van der Waals surface area (Å²) in [4.78, 5) is 10.2. The normalized spacial score (nSPS) is 11.2. The van der Waals surface area contributed by atoms with E-state index in [-0.39, 0.29) is 0 Å². The van der Waals surface area contributed by atoms with E-state index in [2.05, 4.69) is 22.8 Å². The van der Waals surface area contributed by atoms with Crippen molar-refractivity contribution in [3.05, 3.63) is 42.1 Å². The molecule has 1 aromatic carbocycles. The summed E-state index contributed by atoms with van der Waals surface area (Å²) in [6.45, 7) is 0. The summed E-state index contributed by atoms with van der Waals surface area (Å²) in [5.74, 6) is 0. The minimum atomic E-state index is 0.787. The molecule has 14 heavy (non-hydrogen) atoms. The van der Waals surface area contributed by atoms with Crippen LogP contribution in [0.4, 0.5) is 0 Å². The summed E-state index contributed by atoms with van der Waals surface area (Å²) in [7, 11) is 2.02. The third kappa shape index (κ3) is 1.46. The van der Waals surface area contributed by atoms with E-state index in [1.54, 1.807) is 6.08 Å². The molecule has 0 amide bonds. The quantitative estimate of drug-likeness (QED) is 0.520. The molecule has 0 aliphatic rings. The van der Waals surface area contributed by atoms with Crippen molar-refractivity contribution in [2.24, 2.45) is 7.05 Å². The molecule has 0 atom stereocenters. The van der Waals surface area contributed by atoms with Gasteiger partial charge in [-0.2, -0.15) is 0 Å². The zero-order valence-electron chi connectivity index (χ0n) is 7.97. The molecule has 0 spiro atoms. The highest BCUT2D eigenvalue weighted by molar-refractivity contribution is 5.84. The smallest absolute Gasteiger partial charge is 0.142 e. The summed E-state index contributed by atoms with van der Waals surface area (Å²) in [6.07, 6.45) is 6.12. The summed E-state index contributed by atoms with van der Waals surface area (Å²) >= 11 is 0. The molecule has 0 aliphatic carbocycles. The van der Waals surface area contributed by atoms with Gasteiger partial charge < -0.3 is 4.57 Å². The van der Waals surface area contributed by atoms with Crippen LogP contribution in [0.1, 0.15) is 5.56 Å². The molecule has 1 heterocycles. The summed E-state index contributed by atoms with van der Waals surface area (Å²) in [5.41, 5.74) is 2.25. The van der Waals surface area contributed by atoms with E-state index in [1.165, 1.54) is 17.0 Å². The van der Waals surface area contributed by atoms with Gasteiger partial charge in [0.05, 0.1) is 0 Å². The maximum atomic E-state index is 10.2. The number of hydrogen-bond acceptors (Lipinski definition) is 1. The molecule has 70 valence electrons. The molecule has 0 fully saturated rings. The van der Waals surface area contributed by atoms with Crippen molar-refractivity contribution in [2.45, 2.75) is 0 Å². The van der Waals surface area contributed by atoms with Crippen LogP contribution in [0.3, 0.4) is 0 Å². The monoisotopic (exact) mass is 185 g/mol. The van der Waals surface area contributed by atoms with Crippen LogP contribution in [-0.4, -0.2) is 10.9 Å². The molecule has 0 N–H and O–H groups in total. The van der Waals surface area contributed by atoms with Gasteiger partial charge in [-0.15, -0.1) is 0 Å². The third-order valence-electron chi connectivity index (χ3n) is 2.28. The first-order valence-electron chi connectivity index (χ1n) is 4.48. The first kappa shape index (κ1) is 8.75. The zero-order chi connectivity index (χ0) is 9.97. The zero-order valence-corrected chi connectivity index (χ0v) is 7.97. The van der Waals surface area contributed by atoms with Crippen LogP contribution in [-0.2, 0) is 11.8 Å². The van der Waals surface area contributed by atoms with Crippen molar-refractivity contribution >= 4 is 23.3 Å². The molecule has 2 nitrogen and oxygen atoms in total. The highest BCUT2D eigenvalue weighted by Crippen LogP contribution is 2.17. The topological polar surface area (TPSA) is 22.0 Å². The van der Waals surface area contributed by atoms with Gasteiger partial charge >= 0.3 is 0 Å². The van der Waals surface area contributed by atoms with Gasteiger partial charge in [-0.1, -0.05) is 12.1 Å². The Hall–Kier alpha value is -1.83. The predicted octanol–water partition coefficient (Wildman–Crippen LogP) is 2.39. The van der Waals surface area contributed by atoms with Crippen LogP contribution < -0.4 is 0 Å². The number of nitrogens with zero attached hydrogens (tertiary/aromatic N) is 1. The fraction of sp³-hybridized carbons (Fsp3) is 0.0833. The Labute approximate surface area is 82.5 Å². The second-order valence-electron chi connectivity index (χ2n) is 3.24. The summed E-state index contributed by atoms with van der Waals surface area (Å²) in [6, 6.07) is 8.19. The predicted molar refractivity (Wildman–Crippen MR) is 58.0 cm³/mol. The average molecular weight is 185 g/mol. The fourth-order valence-electron chi connectivity index (χ4n) is 1.55. The van der Waals surface area contributed by atoms with E-state index >= 15 is 0 Å². The lowest BCUT2D eigenvalue weighted by Crippen LogP contribution is -1.83. The largest absolute Gasteiger partial charge is 0.351 e. The van der Waals surface area contributed by atoms with Gasteiger partial charge in [0, 0.05) is 24.1 Å². The number of aromatic nitrogens is 1. The number of carbonyl (C=O) groups excluding carboxylic acids is 1. The molecule has 2 aromatic rings. The van der Waals surface area contributed by atoms with Gasteiger partial charge in [-0.05, 0) is 29.8 Å². The lowest BCUT2D eigenvalue weighted by molar-refractivity contribution is -0.104. The number of benzene rings is 1. The minimum absolute atomic E-state index is 0.787. The lowest BCUT2D eigenvalue weighted by atomic mass is 10.1. The maximum Gasteiger partial charge on any atom is 0.142 e. The number of carbonyl (C=O) groups is 1. The van der Waals surface area contributed by atoms with Crippen molar-refractivity contribution in [1.29, 1.82) is 0 Å². The van der Waals surface area contributed by atoms with E-state index in [0.717, 1.165) is 11.8 Å². The van der Waals surface area contributed by atoms with Crippen molar-refractivity contribution < 1.29 is 4.79 Å². The van der Waals surface area contributed by atoms with Gasteiger partial charge in [0.25, 0.3) is 0 Å². The second-order valence-corrected chi connectivity index (χ2v) is 3.24. The Bertz CT molecular complexity index is 494. The standard InChI is InChI=1S/C12H11NO/c1-13-7-6-11-9-10(3-2-8-14)4-5-12(11)13/h2-9H,1H3. The molecule has 0 radical (unpaired) electrons. The number of aldehydes is 1. The van der Waals surface area contributed by atoms with E-state index in [4.69, 9.17) is 0 Å². The van der Waals surface area contributed by atoms with Crippen molar-refractivity contribution in [2.75, 3.05) is 0 Å². The van der Waals surface area contributed by atoms with Crippen LogP contribution in [0.15, 0.2) is 36.5 Å². The molecular formula is C12H11NO. The molecule has 1 aromatic heterocycles. The van der Waals surface area contributed by atoms with E-state index < -0.39 is 0 Å². The van der Waals surface area contributed by atoms with E-state index in [0.29, 0.717) is 0 Å². The Morgan fingerprint density at radius 3 is 2.93 bits per heavy atom. The van der Waals surface area contributed by atoms with Gasteiger partial charge in [0.1, 0.15) is 6.29 Å². The summed E-state index contributed by atoms with van der Waals surface area (Å²) < 4.78 is 2.07. The van der Waals surface area contributed by atoms with Crippen molar-refractivity contribution in [3.63, 3.8) is 0 Å². The molecule has 0 bridgehead atoms. The molecular weight excluding hydrogens is 174 g/mol. The summed E-state index contributed by atoms with van der Waals surface area (Å²) in [5, 5.41) is 1.19. The highest BCUT2D eigenvalue weighted by atomic mass is 16.1.